The average Bonchev–Trinajstić information content (AvgIpc) is 2.89. The first kappa shape index (κ1) is 28.1. The molecule has 0 aliphatic heterocycles. The Labute approximate surface area is 216 Å². The number of carbonyl (C=O) groups is 1. The smallest absolute Gasteiger partial charge is 0.475 e. The molecule has 3 aromatic carbocycles. The van der Waals surface area contributed by atoms with Gasteiger partial charge in [0.1, 0.15) is 18.0 Å². The number of alkyl halides is 3. The summed E-state index contributed by atoms with van der Waals surface area (Å²) in [7, 11) is -2.14. The van der Waals surface area contributed by atoms with Crippen LogP contribution in [0.15, 0.2) is 96.2 Å². The molecule has 198 valence electrons. The fourth-order valence-corrected chi connectivity index (χ4v) is 3.83. The van der Waals surface area contributed by atoms with E-state index in [1.54, 1.807) is 24.3 Å². The summed E-state index contributed by atoms with van der Waals surface area (Å²) in [6, 6.07) is 26.5. The molecule has 0 aliphatic carbocycles. The molecule has 4 N–H and O–H groups in total. The molecule has 9 nitrogen and oxygen atoms in total. The molecular formula is C25H22F3N5O4S. The van der Waals surface area contributed by atoms with Gasteiger partial charge in [-0.2, -0.15) is 13.2 Å². The maximum Gasteiger partial charge on any atom is 0.490 e. The number of hydrogen-bond donors (Lipinski definition) is 4. The molecule has 0 bridgehead atoms. The van der Waals surface area contributed by atoms with Crippen molar-refractivity contribution < 1.29 is 31.5 Å². The molecule has 0 spiro atoms. The SMILES string of the molecule is CNS(=O)(=O)c1cccc(Nc2cc(Nc3cccc(-c4ccccc4)c3)ncn2)c1.O=C(O)C(F)(F)F. The van der Waals surface area contributed by atoms with Crippen molar-refractivity contribution in [1.82, 2.24) is 14.7 Å². The van der Waals surface area contributed by atoms with E-state index in [0.29, 0.717) is 17.3 Å². The van der Waals surface area contributed by atoms with E-state index >= 15 is 0 Å². The van der Waals surface area contributed by atoms with Crippen molar-refractivity contribution in [3.8, 4) is 11.1 Å². The first-order valence-corrected chi connectivity index (χ1v) is 12.3. The summed E-state index contributed by atoms with van der Waals surface area (Å²) in [5, 5.41) is 13.5. The van der Waals surface area contributed by atoms with Crippen LogP contribution in [0, 0.1) is 0 Å². The summed E-state index contributed by atoms with van der Waals surface area (Å²) in [6.07, 6.45) is -3.64. The van der Waals surface area contributed by atoms with Gasteiger partial charge in [0.15, 0.2) is 0 Å². The number of nitrogens with one attached hydrogen (secondary N) is 3. The highest BCUT2D eigenvalue weighted by molar-refractivity contribution is 7.89. The van der Waals surface area contributed by atoms with Crippen LogP contribution in [0.1, 0.15) is 0 Å². The molecule has 1 aromatic heterocycles. The summed E-state index contributed by atoms with van der Waals surface area (Å²) in [4.78, 5) is 17.6. The molecule has 0 unspecified atom stereocenters. The van der Waals surface area contributed by atoms with Crippen molar-refractivity contribution in [3.05, 3.63) is 91.3 Å². The number of carboxylic acid groups (broad SMARTS) is 1. The van der Waals surface area contributed by atoms with Crippen molar-refractivity contribution in [2.75, 3.05) is 17.7 Å². The van der Waals surface area contributed by atoms with Gasteiger partial charge in [0.2, 0.25) is 10.0 Å². The molecule has 1 heterocycles. The quantitative estimate of drug-likeness (QED) is 0.250. The summed E-state index contributed by atoms with van der Waals surface area (Å²) in [5.41, 5.74) is 3.73. The minimum Gasteiger partial charge on any atom is -0.475 e. The molecule has 0 radical (unpaired) electrons. The number of nitrogens with zero attached hydrogens (tertiary/aromatic N) is 2. The zero-order valence-electron chi connectivity index (χ0n) is 19.8. The van der Waals surface area contributed by atoms with E-state index in [1.807, 2.05) is 30.3 Å². The van der Waals surface area contributed by atoms with Crippen LogP contribution < -0.4 is 15.4 Å². The van der Waals surface area contributed by atoms with E-state index in [4.69, 9.17) is 9.90 Å². The van der Waals surface area contributed by atoms with Gasteiger partial charge in [-0.1, -0.05) is 48.5 Å². The van der Waals surface area contributed by atoms with E-state index in [2.05, 4.69) is 49.6 Å². The molecule has 0 saturated heterocycles. The Morgan fingerprint density at radius 1 is 0.789 bits per heavy atom. The zero-order chi connectivity index (χ0) is 27.8. The van der Waals surface area contributed by atoms with Gasteiger partial charge in [-0.3, -0.25) is 0 Å². The normalized spacial score (nSPS) is 11.2. The Morgan fingerprint density at radius 2 is 1.32 bits per heavy atom. The third-order valence-electron chi connectivity index (χ3n) is 4.84. The molecule has 0 amide bonds. The number of hydrogen-bond acceptors (Lipinski definition) is 7. The number of halogens is 3. The van der Waals surface area contributed by atoms with E-state index in [0.717, 1.165) is 16.8 Å². The third-order valence-corrected chi connectivity index (χ3v) is 6.25. The van der Waals surface area contributed by atoms with Gasteiger partial charge < -0.3 is 15.7 Å². The number of aliphatic carboxylic acids is 1. The standard InChI is InChI=1S/C23H21N5O2S.C2HF3O2/c1-24-31(29,30)21-12-6-11-20(14-21)28-23-15-22(25-16-26-23)27-19-10-5-9-18(13-19)17-7-3-2-4-8-17;3-2(4,5)1(6)7/h2-16,24H,1H3,(H2,25,26,27,28);(H,6,7). The van der Waals surface area contributed by atoms with E-state index in [-0.39, 0.29) is 4.90 Å². The summed E-state index contributed by atoms with van der Waals surface area (Å²) in [5.74, 6) is -1.61. The second kappa shape index (κ2) is 12.2. The summed E-state index contributed by atoms with van der Waals surface area (Å²) >= 11 is 0. The Hall–Kier alpha value is -4.49. The zero-order valence-corrected chi connectivity index (χ0v) is 20.6. The van der Waals surface area contributed by atoms with Crippen LogP contribution in [0.5, 0.6) is 0 Å². The molecule has 13 heteroatoms. The van der Waals surface area contributed by atoms with Gasteiger partial charge in [-0.05, 0) is 48.5 Å². The second-order valence-corrected chi connectivity index (χ2v) is 9.41. The largest absolute Gasteiger partial charge is 0.490 e. The van der Waals surface area contributed by atoms with Crippen molar-refractivity contribution in [2.24, 2.45) is 0 Å². The Bertz CT molecular complexity index is 1500. The highest BCUT2D eigenvalue weighted by Gasteiger charge is 2.38. The monoisotopic (exact) mass is 545 g/mol. The van der Waals surface area contributed by atoms with Crippen molar-refractivity contribution in [1.29, 1.82) is 0 Å². The Balaban J connectivity index is 0.000000505. The molecule has 0 aliphatic rings. The van der Waals surface area contributed by atoms with E-state index in [9.17, 15) is 21.6 Å². The van der Waals surface area contributed by atoms with Crippen LogP contribution in [0.3, 0.4) is 0 Å². The average molecular weight is 546 g/mol. The number of carboxylic acids is 1. The molecule has 4 rings (SSSR count). The van der Waals surface area contributed by atoms with Crippen LogP contribution in [0.25, 0.3) is 11.1 Å². The van der Waals surface area contributed by atoms with Crippen LogP contribution in [-0.4, -0.2) is 42.7 Å². The summed E-state index contributed by atoms with van der Waals surface area (Å²) < 4.78 is 58.1. The minimum absolute atomic E-state index is 0.171. The highest BCUT2D eigenvalue weighted by atomic mass is 32.2. The molecule has 0 atom stereocenters. The number of rotatable bonds is 7. The predicted molar refractivity (Wildman–Crippen MR) is 137 cm³/mol. The van der Waals surface area contributed by atoms with Crippen molar-refractivity contribution in [3.63, 3.8) is 0 Å². The van der Waals surface area contributed by atoms with Crippen molar-refractivity contribution in [2.45, 2.75) is 11.1 Å². The molecular weight excluding hydrogens is 523 g/mol. The number of anilines is 4. The minimum atomic E-state index is -5.08. The lowest BCUT2D eigenvalue weighted by Gasteiger charge is -2.11. The Kier molecular flexibility index (Phi) is 8.99. The van der Waals surface area contributed by atoms with Gasteiger partial charge in [-0.15, -0.1) is 0 Å². The maximum atomic E-state index is 12.0. The first-order chi connectivity index (χ1) is 18.0. The van der Waals surface area contributed by atoms with E-state index < -0.39 is 22.2 Å². The predicted octanol–water partition coefficient (Wildman–Crippen LogP) is 5.17. The first-order valence-electron chi connectivity index (χ1n) is 10.8. The van der Waals surface area contributed by atoms with Crippen LogP contribution in [-0.2, 0) is 14.8 Å². The third kappa shape index (κ3) is 8.01. The number of sulfonamides is 1. The van der Waals surface area contributed by atoms with Gasteiger partial charge in [-0.25, -0.2) is 27.9 Å². The second-order valence-electron chi connectivity index (χ2n) is 7.52. The van der Waals surface area contributed by atoms with Gasteiger partial charge >= 0.3 is 12.1 Å². The van der Waals surface area contributed by atoms with Crippen LogP contribution in [0.2, 0.25) is 0 Å². The number of aromatic nitrogens is 2. The number of benzene rings is 3. The lowest BCUT2D eigenvalue weighted by molar-refractivity contribution is -0.192. The van der Waals surface area contributed by atoms with Crippen LogP contribution in [0.4, 0.5) is 36.2 Å². The molecule has 0 saturated carbocycles. The molecule has 4 aromatic rings. The van der Waals surface area contributed by atoms with Gasteiger partial charge in [0.05, 0.1) is 4.90 Å². The van der Waals surface area contributed by atoms with Gasteiger partial charge in [0, 0.05) is 17.4 Å². The molecule has 38 heavy (non-hydrogen) atoms. The maximum absolute atomic E-state index is 12.0. The highest BCUT2D eigenvalue weighted by Crippen LogP contribution is 2.25. The van der Waals surface area contributed by atoms with Crippen LogP contribution >= 0.6 is 0 Å². The topological polar surface area (TPSA) is 133 Å². The summed E-state index contributed by atoms with van der Waals surface area (Å²) in [6.45, 7) is 0. The van der Waals surface area contributed by atoms with Crippen molar-refractivity contribution >= 4 is 39.0 Å². The Morgan fingerprint density at radius 3 is 1.87 bits per heavy atom. The lowest BCUT2D eigenvalue weighted by atomic mass is 10.1. The van der Waals surface area contributed by atoms with E-state index in [1.165, 1.54) is 19.4 Å². The fourth-order valence-electron chi connectivity index (χ4n) is 3.06. The molecule has 0 fully saturated rings. The fraction of sp³-hybridized carbons (Fsp3) is 0.0800. The van der Waals surface area contributed by atoms with Gasteiger partial charge in [0.25, 0.3) is 0 Å². The lowest BCUT2D eigenvalue weighted by Crippen LogP contribution is -2.21.